The van der Waals surface area contributed by atoms with Crippen molar-refractivity contribution in [2.75, 3.05) is 18.8 Å². The maximum Gasteiger partial charge on any atom is 0.181 e. The van der Waals surface area contributed by atoms with E-state index in [1.54, 1.807) is 0 Å². The molecule has 2 heterocycles. The first-order valence-electron chi connectivity index (χ1n) is 10.1. The van der Waals surface area contributed by atoms with Crippen molar-refractivity contribution in [1.82, 2.24) is 9.88 Å². The van der Waals surface area contributed by atoms with Crippen molar-refractivity contribution < 1.29 is 4.79 Å². The Kier molecular flexibility index (Phi) is 3.17. The van der Waals surface area contributed by atoms with Crippen LogP contribution in [0.15, 0.2) is 12.1 Å². The van der Waals surface area contributed by atoms with E-state index in [2.05, 4.69) is 22.0 Å². The Morgan fingerprint density at radius 3 is 2.96 bits per heavy atom. The number of thiazole rings is 1. The van der Waals surface area contributed by atoms with Gasteiger partial charge in [0.2, 0.25) is 0 Å². The molecule has 0 radical (unpaired) electrons. The topological polar surface area (TPSA) is 59.2 Å². The number of anilines is 1. The molecule has 2 bridgehead atoms. The molecule has 2 aromatic rings. The van der Waals surface area contributed by atoms with Crippen molar-refractivity contribution in [1.29, 1.82) is 0 Å². The predicted molar refractivity (Wildman–Crippen MR) is 105 cm³/mol. The summed E-state index contributed by atoms with van der Waals surface area (Å²) >= 11 is 1.50. The van der Waals surface area contributed by atoms with Gasteiger partial charge in [0.25, 0.3) is 0 Å². The Labute approximate surface area is 157 Å². The lowest BCUT2D eigenvalue weighted by Gasteiger charge is -2.58. The molecule has 4 aliphatic rings. The van der Waals surface area contributed by atoms with Gasteiger partial charge in [0, 0.05) is 17.5 Å². The molecule has 1 aliphatic heterocycles. The molecule has 2 saturated carbocycles. The lowest BCUT2D eigenvalue weighted by molar-refractivity contribution is -0.00423. The molecule has 0 amide bonds. The summed E-state index contributed by atoms with van der Waals surface area (Å²) in [5.41, 5.74) is 9.41. The molecule has 3 fully saturated rings. The number of benzene rings is 1. The number of aromatic nitrogens is 1. The van der Waals surface area contributed by atoms with Crippen LogP contribution in [0.1, 0.15) is 60.9 Å². The first kappa shape index (κ1) is 15.6. The van der Waals surface area contributed by atoms with Gasteiger partial charge in [-0.05, 0) is 68.2 Å². The van der Waals surface area contributed by atoms with Crippen LogP contribution in [-0.4, -0.2) is 34.8 Å². The molecule has 1 unspecified atom stereocenters. The molecule has 2 N–H and O–H groups in total. The predicted octanol–water partition coefficient (Wildman–Crippen LogP) is 3.99. The van der Waals surface area contributed by atoms with Crippen molar-refractivity contribution in [3.8, 4) is 0 Å². The maximum absolute atomic E-state index is 13.7. The van der Waals surface area contributed by atoms with Gasteiger partial charge in [0.15, 0.2) is 10.9 Å². The molecule has 136 valence electrons. The Morgan fingerprint density at radius 1 is 1.23 bits per heavy atom. The number of hydrogen-bond acceptors (Lipinski definition) is 5. The van der Waals surface area contributed by atoms with E-state index in [-0.39, 0.29) is 11.5 Å². The molecule has 1 aromatic heterocycles. The minimum absolute atomic E-state index is 0.111. The van der Waals surface area contributed by atoms with Crippen molar-refractivity contribution in [2.24, 2.45) is 11.8 Å². The van der Waals surface area contributed by atoms with Crippen LogP contribution >= 0.6 is 11.3 Å². The fraction of sp³-hybridized carbons (Fsp3) is 0.619. The van der Waals surface area contributed by atoms with E-state index < -0.39 is 0 Å². The number of nitrogens with two attached hydrogens (primary N) is 1. The fourth-order valence-electron chi connectivity index (χ4n) is 6.19. The number of likely N-dealkylation sites (tertiary alicyclic amines) is 1. The molecule has 0 spiro atoms. The summed E-state index contributed by atoms with van der Waals surface area (Å²) in [6.45, 7) is 2.22. The van der Waals surface area contributed by atoms with Gasteiger partial charge in [-0.3, -0.25) is 9.69 Å². The van der Waals surface area contributed by atoms with Crippen LogP contribution in [0.3, 0.4) is 0 Å². The van der Waals surface area contributed by atoms with Gasteiger partial charge in [-0.2, -0.15) is 0 Å². The average Bonchev–Trinajstić information content (AvgIpc) is 3.38. The van der Waals surface area contributed by atoms with Crippen molar-refractivity contribution in [2.45, 2.75) is 56.4 Å². The lowest BCUT2D eigenvalue weighted by Crippen LogP contribution is -2.63. The second-order valence-corrected chi connectivity index (χ2v) is 9.99. The third-order valence-corrected chi connectivity index (χ3v) is 8.37. The quantitative estimate of drug-likeness (QED) is 0.872. The number of rotatable bonds is 2. The Bertz CT molecular complexity index is 917. The number of carbonyl (C=O) groups excluding carboxylic acids is 1. The fourth-order valence-corrected chi connectivity index (χ4v) is 6.95. The Morgan fingerprint density at radius 2 is 2.12 bits per heavy atom. The highest BCUT2D eigenvalue weighted by Crippen LogP contribution is 2.56. The van der Waals surface area contributed by atoms with E-state index in [1.807, 2.05) is 0 Å². The standard InChI is InChI=1S/C21H25N3OS/c22-20-23-16-10-15-13(9-17(16)26-20)19(25)18-14-3-1-2-6-21(14,15)7-8-24(18)11-12-4-5-12/h9-10,12,14,18H,1-8,11H2,(H2,22,23)/t14-,18?,21-/m0/s1. The smallest absolute Gasteiger partial charge is 0.181 e. The van der Waals surface area contributed by atoms with Crippen LogP contribution in [0.2, 0.25) is 0 Å². The minimum Gasteiger partial charge on any atom is -0.375 e. The number of ketones is 1. The Balaban J connectivity index is 1.55. The van der Waals surface area contributed by atoms with E-state index in [4.69, 9.17) is 5.73 Å². The summed E-state index contributed by atoms with van der Waals surface area (Å²) in [6, 6.07) is 4.45. The maximum atomic E-state index is 13.7. The van der Waals surface area contributed by atoms with E-state index in [1.165, 1.54) is 61.8 Å². The highest BCUT2D eigenvalue weighted by atomic mass is 32.1. The van der Waals surface area contributed by atoms with E-state index in [0.29, 0.717) is 16.8 Å². The Hall–Kier alpha value is -1.46. The van der Waals surface area contributed by atoms with Crippen LogP contribution in [0.25, 0.3) is 10.2 Å². The summed E-state index contributed by atoms with van der Waals surface area (Å²) in [7, 11) is 0. The average molecular weight is 368 g/mol. The number of Topliss-reactive ketones (excluding diaryl/α,β-unsaturated/α-hetero) is 1. The number of carbonyl (C=O) groups is 1. The second kappa shape index (κ2) is 5.29. The van der Waals surface area contributed by atoms with Crippen molar-refractivity contribution >= 4 is 32.5 Å². The molecular weight excluding hydrogens is 342 g/mol. The van der Waals surface area contributed by atoms with Gasteiger partial charge in [-0.15, -0.1) is 0 Å². The molecule has 3 atom stereocenters. The van der Waals surface area contributed by atoms with Crippen LogP contribution in [0.4, 0.5) is 5.13 Å². The zero-order valence-corrected chi connectivity index (χ0v) is 15.9. The van der Waals surface area contributed by atoms with Crippen LogP contribution < -0.4 is 5.73 Å². The van der Waals surface area contributed by atoms with Gasteiger partial charge in [-0.25, -0.2) is 4.98 Å². The third kappa shape index (κ3) is 2.04. The van der Waals surface area contributed by atoms with Gasteiger partial charge in [0.05, 0.1) is 16.3 Å². The van der Waals surface area contributed by atoms with Gasteiger partial charge in [0.1, 0.15) is 0 Å². The first-order chi connectivity index (χ1) is 12.7. The minimum atomic E-state index is 0.111. The highest BCUT2D eigenvalue weighted by Gasteiger charge is 2.57. The zero-order chi connectivity index (χ0) is 17.5. The monoisotopic (exact) mass is 367 g/mol. The molecule has 1 saturated heterocycles. The SMILES string of the molecule is Nc1nc2cc3c(cc2s1)C(=O)C1[C@@H]2CCCC[C@@]32CCN1CC1CC1. The van der Waals surface area contributed by atoms with Gasteiger partial charge < -0.3 is 5.73 Å². The van der Waals surface area contributed by atoms with Crippen LogP contribution in [0.5, 0.6) is 0 Å². The van der Waals surface area contributed by atoms with Crippen molar-refractivity contribution in [3.05, 3.63) is 23.3 Å². The lowest BCUT2D eigenvalue weighted by atomic mass is 9.52. The summed E-state index contributed by atoms with van der Waals surface area (Å²) < 4.78 is 1.06. The normalized spacial score (nSPS) is 33.9. The van der Waals surface area contributed by atoms with Crippen LogP contribution in [0, 0.1) is 11.8 Å². The van der Waals surface area contributed by atoms with Crippen LogP contribution in [-0.2, 0) is 5.41 Å². The molecule has 3 aliphatic carbocycles. The summed E-state index contributed by atoms with van der Waals surface area (Å²) in [4.78, 5) is 20.7. The van der Waals surface area contributed by atoms with Crippen molar-refractivity contribution in [3.63, 3.8) is 0 Å². The third-order valence-electron chi connectivity index (χ3n) is 7.52. The molecule has 1 aromatic carbocycles. The van der Waals surface area contributed by atoms with Gasteiger partial charge in [-0.1, -0.05) is 24.2 Å². The molecule has 6 rings (SSSR count). The number of fused-ring (bicyclic) bond motifs is 2. The first-order valence-corrected chi connectivity index (χ1v) is 11.0. The largest absolute Gasteiger partial charge is 0.375 e. The number of piperidine rings is 1. The van der Waals surface area contributed by atoms with Gasteiger partial charge >= 0.3 is 0 Å². The molecular formula is C21H25N3OS. The number of hydrogen-bond donors (Lipinski definition) is 1. The number of nitrogen functional groups attached to an aromatic ring is 1. The molecule has 26 heavy (non-hydrogen) atoms. The molecule has 5 heteroatoms. The van der Waals surface area contributed by atoms with E-state index in [9.17, 15) is 4.79 Å². The second-order valence-electron chi connectivity index (χ2n) is 8.92. The number of nitrogens with zero attached hydrogens (tertiary/aromatic N) is 2. The van der Waals surface area contributed by atoms with E-state index >= 15 is 0 Å². The summed E-state index contributed by atoms with van der Waals surface area (Å²) in [6.07, 6.45) is 8.90. The van der Waals surface area contributed by atoms with E-state index in [0.717, 1.165) is 34.8 Å². The molecule has 4 nitrogen and oxygen atoms in total. The zero-order valence-electron chi connectivity index (χ0n) is 15.0. The highest BCUT2D eigenvalue weighted by molar-refractivity contribution is 7.22. The summed E-state index contributed by atoms with van der Waals surface area (Å²) in [5.74, 6) is 1.71. The summed E-state index contributed by atoms with van der Waals surface area (Å²) in [5, 5.41) is 0.603.